The van der Waals surface area contributed by atoms with Gasteiger partial charge in [-0.2, -0.15) is 0 Å². The highest BCUT2D eigenvalue weighted by molar-refractivity contribution is 6.11. The highest BCUT2D eigenvalue weighted by Gasteiger charge is 2.34. The maximum absolute atomic E-state index is 13.8. The van der Waals surface area contributed by atoms with E-state index in [2.05, 4.69) is 23.5 Å². The molecular weight excluding hydrogens is 408 g/mol. The third kappa shape index (κ3) is 4.28. The van der Waals surface area contributed by atoms with Crippen molar-refractivity contribution in [2.24, 2.45) is 0 Å². The van der Waals surface area contributed by atoms with E-state index in [0.29, 0.717) is 24.2 Å². The Morgan fingerprint density at radius 1 is 0.667 bits per heavy atom. The third-order valence-electron chi connectivity index (χ3n) is 6.02. The fraction of sp³-hybridized carbons (Fsp3) is 0.103. The summed E-state index contributed by atoms with van der Waals surface area (Å²) in [5, 5.41) is 2.97. The van der Waals surface area contributed by atoms with Crippen LogP contribution in [-0.2, 0) is 17.8 Å². The van der Waals surface area contributed by atoms with Crippen LogP contribution in [0.25, 0.3) is 11.1 Å². The van der Waals surface area contributed by atoms with Crippen molar-refractivity contribution in [3.63, 3.8) is 0 Å². The number of para-hydroxylation sites is 1. The van der Waals surface area contributed by atoms with E-state index in [9.17, 15) is 9.59 Å². The van der Waals surface area contributed by atoms with Gasteiger partial charge in [0.1, 0.15) is 6.04 Å². The molecule has 1 aliphatic heterocycles. The molecule has 1 aliphatic rings. The molecule has 0 aromatic heterocycles. The third-order valence-corrected chi connectivity index (χ3v) is 6.02. The quantitative estimate of drug-likeness (QED) is 0.469. The molecule has 0 fully saturated rings. The lowest BCUT2D eigenvalue weighted by atomic mass is 9.98. The number of amides is 2. The van der Waals surface area contributed by atoms with Crippen molar-refractivity contribution in [3.05, 3.63) is 126 Å². The first-order chi connectivity index (χ1) is 16.2. The first-order valence-corrected chi connectivity index (χ1v) is 11.1. The van der Waals surface area contributed by atoms with Gasteiger partial charge in [-0.25, -0.2) is 0 Å². The molecule has 0 spiro atoms. The molecule has 0 aliphatic carbocycles. The van der Waals surface area contributed by atoms with E-state index in [1.807, 2.05) is 84.9 Å². The summed E-state index contributed by atoms with van der Waals surface area (Å²) in [4.78, 5) is 28.6. The molecule has 2 amide bonds. The van der Waals surface area contributed by atoms with Gasteiger partial charge in [-0.05, 0) is 34.4 Å². The monoisotopic (exact) mass is 432 g/mol. The lowest BCUT2D eigenvalue weighted by molar-refractivity contribution is -0.120. The van der Waals surface area contributed by atoms with Gasteiger partial charge in [-0.1, -0.05) is 97.1 Å². The molecule has 1 N–H and O–H groups in total. The van der Waals surface area contributed by atoms with Gasteiger partial charge in [0, 0.05) is 6.42 Å². The van der Waals surface area contributed by atoms with E-state index in [4.69, 9.17) is 0 Å². The van der Waals surface area contributed by atoms with Gasteiger partial charge >= 0.3 is 0 Å². The van der Waals surface area contributed by atoms with Gasteiger partial charge in [-0.15, -0.1) is 0 Å². The Labute approximate surface area is 193 Å². The van der Waals surface area contributed by atoms with Crippen molar-refractivity contribution in [2.45, 2.75) is 19.0 Å². The van der Waals surface area contributed by atoms with E-state index >= 15 is 0 Å². The summed E-state index contributed by atoms with van der Waals surface area (Å²) in [6.45, 7) is 0.376. The molecule has 4 heteroatoms. The summed E-state index contributed by atoms with van der Waals surface area (Å²) in [6.07, 6.45) is 0.441. The van der Waals surface area contributed by atoms with Crippen molar-refractivity contribution in [2.75, 3.05) is 4.90 Å². The number of nitrogens with zero attached hydrogens (tertiary/aromatic N) is 1. The van der Waals surface area contributed by atoms with E-state index in [1.54, 1.807) is 11.0 Å². The lowest BCUT2D eigenvalue weighted by Crippen LogP contribution is -2.47. The van der Waals surface area contributed by atoms with E-state index in [0.717, 1.165) is 22.3 Å². The average Bonchev–Trinajstić information content (AvgIpc) is 2.96. The van der Waals surface area contributed by atoms with Crippen LogP contribution >= 0.6 is 0 Å². The number of hydrogen-bond acceptors (Lipinski definition) is 2. The molecule has 1 heterocycles. The zero-order valence-electron chi connectivity index (χ0n) is 18.1. The Hall–Kier alpha value is -4.18. The van der Waals surface area contributed by atoms with Crippen LogP contribution in [0.4, 0.5) is 5.69 Å². The van der Waals surface area contributed by atoms with Gasteiger partial charge in [0.2, 0.25) is 5.91 Å². The van der Waals surface area contributed by atoms with Crippen LogP contribution in [0, 0.1) is 0 Å². The first kappa shape index (κ1) is 20.7. The van der Waals surface area contributed by atoms with E-state index < -0.39 is 6.04 Å². The maximum Gasteiger partial charge on any atom is 0.254 e. The van der Waals surface area contributed by atoms with E-state index in [-0.39, 0.29) is 11.8 Å². The van der Waals surface area contributed by atoms with Gasteiger partial charge in [0.25, 0.3) is 5.91 Å². The van der Waals surface area contributed by atoms with Crippen LogP contribution < -0.4 is 10.2 Å². The van der Waals surface area contributed by atoms with Crippen LogP contribution in [-0.4, -0.2) is 17.9 Å². The smallest absolute Gasteiger partial charge is 0.254 e. The maximum atomic E-state index is 13.8. The summed E-state index contributed by atoms with van der Waals surface area (Å²) in [7, 11) is 0. The minimum Gasteiger partial charge on any atom is -0.340 e. The standard InChI is InChI=1S/C29H24N2O2/c32-28-25-17-9-10-18-27(25)31(29(33)26(30-28)19-21-11-3-1-4-12-21)20-23-15-7-8-16-24(23)22-13-5-2-6-14-22/h1-18,26H,19-20H2,(H,30,32). The second-order valence-electron chi connectivity index (χ2n) is 8.18. The minimum absolute atomic E-state index is 0.111. The summed E-state index contributed by atoms with van der Waals surface area (Å²) in [5.41, 5.74) is 5.36. The topological polar surface area (TPSA) is 49.4 Å². The van der Waals surface area contributed by atoms with Crippen LogP contribution in [0.2, 0.25) is 0 Å². The van der Waals surface area contributed by atoms with Crippen molar-refractivity contribution >= 4 is 17.5 Å². The first-order valence-electron chi connectivity index (χ1n) is 11.1. The minimum atomic E-state index is -0.642. The number of anilines is 1. The van der Waals surface area contributed by atoms with Crippen molar-refractivity contribution in [3.8, 4) is 11.1 Å². The van der Waals surface area contributed by atoms with Crippen molar-refractivity contribution in [1.82, 2.24) is 5.32 Å². The molecule has 1 unspecified atom stereocenters. The SMILES string of the molecule is O=C1NC(Cc2ccccc2)C(=O)N(Cc2ccccc2-c2ccccc2)c2ccccc21. The predicted molar refractivity (Wildman–Crippen MR) is 131 cm³/mol. The van der Waals surface area contributed by atoms with Crippen LogP contribution in [0.3, 0.4) is 0 Å². The lowest BCUT2D eigenvalue weighted by Gasteiger charge is -2.26. The molecule has 1 atom stereocenters. The summed E-state index contributed by atoms with van der Waals surface area (Å²) < 4.78 is 0. The van der Waals surface area contributed by atoms with Crippen molar-refractivity contribution in [1.29, 1.82) is 0 Å². The highest BCUT2D eigenvalue weighted by atomic mass is 16.2. The normalized spacial score (nSPS) is 15.5. The van der Waals surface area contributed by atoms with Gasteiger partial charge in [0.05, 0.1) is 17.8 Å². The van der Waals surface area contributed by atoms with Gasteiger partial charge in [-0.3, -0.25) is 9.59 Å². The Balaban J connectivity index is 1.55. The van der Waals surface area contributed by atoms with Gasteiger partial charge < -0.3 is 10.2 Å². The Kier molecular flexibility index (Phi) is 5.73. The molecule has 33 heavy (non-hydrogen) atoms. The number of rotatable bonds is 5. The average molecular weight is 433 g/mol. The largest absolute Gasteiger partial charge is 0.340 e. The van der Waals surface area contributed by atoms with Crippen LogP contribution in [0.5, 0.6) is 0 Å². The Morgan fingerprint density at radius 2 is 1.27 bits per heavy atom. The zero-order valence-corrected chi connectivity index (χ0v) is 18.1. The molecule has 0 saturated carbocycles. The zero-order chi connectivity index (χ0) is 22.6. The van der Waals surface area contributed by atoms with Crippen molar-refractivity contribution < 1.29 is 9.59 Å². The molecule has 4 nitrogen and oxygen atoms in total. The fourth-order valence-electron chi connectivity index (χ4n) is 4.38. The molecule has 162 valence electrons. The second-order valence-corrected chi connectivity index (χ2v) is 8.18. The highest BCUT2D eigenvalue weighted by Crippen LogP contribution is 2.30. The number of fused-ring (bicyclic) bond motifs is 1. The van der Waals surface area contributed by atoms with Crippen LogP contribution in [0.15, 0.2) is 109 Å². The number of carbonyl (C=O) groups is 2. The molecule has 4 aromatic rings. The molecule has 0 radical (unpaired) electrons. The molecular formula is C29H24N2O2. The summed E-state index contributed by atoms with van der Waals surface area (Å²) in [6, 6.07) is 34.7. The Morgan fingerprint density at radius 3 is 2.03 bits per heavy atom. The number of nitrogens with one attached hydrogen (secondary N) is 1. The van der Waals surface area contributed by atoms with E-state index in [1.165, 1.54) is 0 Å². The Bertz CT molecular complexity index is 1290. The van der Waals surface area contributed by atoms with Crippen LogP contribution in [0.1, 0.15) is 21.5 Å². The molecule has 0 bridgehead atoms. The molecule has 0 saturated heterocycles. The number of benzene rings is 4. The molecule has 5 rings (SSSR count). The second kappa shape index (κ2) is 9.13. The molecule has 4 aromatic carbocycles. The summed E-state index contributed by atoms with van der Waals surface area (Å²) in [5.74, 6) is -0.334. The number of carbonyl (C=O) groups excluding carboxylic acids is 2. The predicted octanol–water partition coefficient (Wildman–Crippen LogP) is 5.24. The summed E-state index contributed by atoms with van der Waals surface area (Å²) >= 11 is 0. The fourth-order valence-corrected chi connectivity index (χ4v) is 4.38. The number of hydrogen-bond donors (Lipinski definition) is 1. The van der Waals surface area contributed by atoms with Gasteiger partial charge in [0.15, 0.2) is 0 Å².